The van der Waals surface area contributed by atoms with Crippen LogP contribution >= 0.6 is 0 Å². The van der Waals surface area contributed by atoms with E-state index in [1.807, 2.05) is 55.6 Å². The van der Waals surface area contributed by atoms with Crippen molar-refractivity contribution in [2.24, 2.45) is 0 Å². The average molecular weight is 485 g/mol. The van der Waals surface area contributed by atoms with Gasteiger partial charge in [0.25, 0.3) is 5.91 Å². The first-order valence-corrected chi connectivity index (χ1v) is 12.7. The van der Waals surface area contributed by atoms with Crippen LogP contribution in [0.15, 0.2) is 60.7 Å². The van der Waals surface area contributed by atoms with Gasteiger partial charge in [0.2, 0.25) is 0 Å². The number of hydrogen-bond donors (Lipinski definition) is 3. The van der Waals surface area contributed by atoms with Crippen molar-refractivity contribution in [2.75, 3.05) is 32.5 Å². The Hall–Kier alpha value is -3.64. The second-order valence-corrected chi connectivity index (χ2v) is 9.49. The normalized spacial score (nSPS) is 14.3. The van der Waals surface area contributed by atoms with Gasteiger partial charge < -0.3 is 25.7 Å². The fourth-order valence-electron chi connectivity index (χ4n) is 4.70. The molecule has 3 aromatic carbocycles. The molecule has 1 amide bonds. The SMILES string of the molecule is CCc1cc(-c2cccc(Oc3ccc(C(C)=N)c(NC)c3)c2)ccc1C(=O)NC1CCN(C)CC1. The van der Waals surface area contributed by atoms with E-state index in [-0.39, 0.29) is 11.9 Å². The van der Waals surface area contributed by atoms with Crippen molar-refractivity contribution in [1.29, 1.82) is 5.41 Å². The number of likely N-dealkylation sites (tertiary alicyclic amines) is 1. The largest absolute Gasteiger partial charge is 0.457 e. The van der Waals surface area contributed by atoms with Crippen molar-refractivity contribution >= 4 is 17.3 Å². The van der Waals surface area contributed by atoms with Gasteiger partial charge in [0, 0.05) is 41.7 Å². The molecule has 1 heterocycles. The highest BCUT2D eigenvalue weighted by atomic mass is 16.5. The minimum Gasteiger partial charge on any atom is -0.457 e. The molecule has 0 atom stereocenters. The van der Waals surface area contributed by atoms with Crippen LogP contribution in [0.4, 0.5) is 5.69 Å². The van der Waals surface area contributed by atoms with E-state index < -0.39 is 0 Å². The van der Waals surface area contributed by atoms with Crippen LogP contribution in [0.5, 0.6) is 11.5 Å². The Bertz CT molecular complexity index is 1250. The van der Waals surface area contributed by atoms with Gasteiger partial charge in [-0.05, 0) is 93.3 Å². The Morgan fingerprint density at radius 3 is 2.39 bits per heavy atom. The summed E-state index contributed by atoms with van der Waals surface area (Å²) in [6.45, 7) is 5.90. The Kier molecular flexibility index (Phi) is 8.06. The molecular weight excluding hydrogens is 448 g/mol. The van der Waals surface area contributed by atoms with Crippen LogP contribution in [-0.2, 0) is 6.42 Å². The fourth-order valence-corrected chi connectivity index (χ4v) is 4.70. The molecule has 1 aliphatic rings. The Balaban J connectivity index is 1.52. The Morgan fingerprint density at radius 1 is 1.00 bits per heavy atom. The number of ether oxygens (including phenoxy) is 1. The minimum absolute atomic E-state index is 0.0222. The Labute approximate surface area is 214 Å². The molecule has 0 aromatic heterocycles. The molecule has 1 aliphatic heterocycles. The van der Waals surface area contributed by atoms with E-state index in [0.717, 1.165) is 71.6 Å². The highest BCUT2D eigenvalue weighted by molar-refractivity contribution is 6.01. The van der Waals surface area contributed by atoms with Gasteiger partial charge in [-0.1, -0.05) is 31.2 Å². The summed E-state index contributed by atoms with van der Waals surface area (Å²) in [7, 11) is 3.97. The van der Waals surface area contributed by atoms with Gasteiger partial charge >= 0.3 is 0 Å². The van der Waals surface area contributed by atoms with Gasteiger partial charge in [0.15, 0.2) is 0 Å². The van der Waals surface area contributed by atoms with Crippen LogP contribution in [-0.4, -0.2) is 49.7 Å². The van der Waals surface area contributed by atoms with E-state index in [9.17, 15) is 4.79 Å². The van der Waals surface area contributed by atoms with Gasteiger partial charge in [-0.25, -0.2) is 0 Å². The first-order valence-electron chi connectivity index (χ1n) is 12.7. The maximum absolute atomic E-state index is 13.0. The van der Waals surface area contributed by atoms with Gasteiger partial charge in [0.1, 0.15) is 11.5 Å². The predicted molar refractivity (Wildman–Crippen MR) is 148 cm³/mol. The van der Waals surface area contributed by atoms with Crippen molar-refractivity contribution in [2.45, 2.75) is 39.2 Å². The molecule has 0 spiro atoms. The van der Waals surface area contributed by atoms with E-state index in [1.165, 1.54) is 0 Å². The first kappa shape index (κ1) is 25.5. The lowest BCUT2D eigenvalue weighted by Crippen LogP contribution is -2.43. The zero-order valence-corrected chi connectivity index (χ0v) is 21.7. The van der Waals surface area contributed by atoms with E-state index in [2.05, 4.69) is 41.6 Å². The fraction of sp³-hybridized carbons (Fsp3) is 0.333. The number of rotatable bonds is 8. The quantitative estimate of drug-likeness (QED) is 0.345. The number of anilines is 1. The summed E-state index contributed by atoms with van der Waals surface area (Å²) >= 11 is 0. The predicted octanol–water partition coefficient (Wildman–Crippen LogP) is 5.96. The van der Waals surface area contributed by atoms with E-state index in [1.54, 1.807) is 6.92 Å². The number of hydrogen-bond acceptors (Lipinski definition) is 5. The topological polar surface area (TPSA) is 77.4 Å². The van der Waals surface area contributed by atoms with E-state index >= 15 is 0 Å². The second-order valence-electron chi connectivity index (χ2n) is 9.49. The van der Waals surface area contributed by atoms with Crippen LogP contribution in [0.3, 0.4) is 0 Å². The number of aryl methyl sites for hydroxylation is 1. The minimum atomic E-state index is 0.0222. The third kappa shape index (κ3) is 5.94. The van der Waals surface area contributed by atoms with Crippen molar-refractivity contribution in [3.63, 3.8) is 0 Å². The molecule has 3 N–H and O–H groups in total. The molecule has 1 saturated heterocycles. The second kappa shape index (κ2) is 11.4. The van der Waals surface area contributed by atoms with Gasteiger partial charge in [-0.2, -0.15) is 0 Å². The summed E-state index contributed by atoms with van der Waals surface area (Å²) in [6, 6.07) is 20.0. The van der Waals surface area contributed by atoms with Crippen LogP contribution in [0.2, 0.25) is 0 Å². The van der Waals surface area contributed by atoms with Gasteiger partial charge in [-0.15, -0.1) is 0 Å². The maximum Gasteiger partial charge on any atom is 0.251 e. The summed E-state index contributed by atoms with van der Waals surface area (Å²) < 4.78 is 6.15. The lowest BCUT2D eigenvalue weighted by Gasteiger charge is -2.29. The zero-order valence-electron chi connectivity index (χ0n) is 21.7. The summed E-state index contributed by atoms with van der Waals surface area (Å²) in [4.78, 5) is 15.3. The first-order chi connectivity index (χ1) is 17.4. The molecule has 4 rings (SSSR count). The molecule has 0 saturated carbocycles. The summed E-state index contributed by atoms with van der Waals surface area (Å²) in [6.07, 6.45) is 2.77. The molecular formula is C30H36N4O2. The molecule has 0 aliphatic carbocycles. The highest BCUT2D eigenvalue weighted by Gasteiger charge is 2.20. The number of carbonyl (C=O) groups excluding carboxylic acids is 1. The van der Waals surface area contributed by atoms with Crippen LogP contribution < -0.4 is 15.4 Å². The summed E-state index contributed by atoms with van der Waals surface area (Å²) in [5.41, 5.74) is 6.10. The molecule has 0 radical (unpaired) electrons. The van der Waals surface area contributed by atoms with Crippen LogP contribution in [0, 0.1) is 5.41 Å². The van der Waals surface area contributed by atoms with E-state index in [4.69, 9.17) is 10.1 Å². The smallest absolute Gasteiger partial charge is 0.251 e. The molecule has 0 unspecified atom stereocenters. The maximum atomic E-state index is 13.0. The third-order valence-electron chi connectivity index (χ3n) is 6.85. The summed E-state index contributed by atoms with van der Waals surface area (Å²) in [5, 5.41) is 14.3. The monoisotopic (exact) mass is 484 g/mol. The van der Waals surface area contributed by atoms with Crippen molar-refractivity contribution < 1.29 is 9.53 Å². The van der Waals surface area contributed by atoms with Crippen LogP contribution in [0.1, 0.15) is 48.2 Å². The number of piperidine rings is 1. The van der Waals surface area contributed by atoms with Crippen molar-refractivity contribution in [3.05, 3.63) is 77.4 Å². The number of nitrogens with one attached hydrogen (secondary N) is 3. The number of amides is 1. The van der Waals surface area contributed by atoms with E-state index in [0.29, 0.717) is 11.5 Å². The van der Waals surface area contributed by atoms with Crippen molar-refractivity contribution in [1.82, 2.24) is 10.2 Å². The number of carbonyl (C=O) groups is 1. The standard InChI is InChI=1S/C30H36N4O2/c1-5-21-17-23(9-11-28(21)30(35)33-24-13-15-34(4)16-14-24)22-7-6-8-25(18-22)36-26-10-12-27(20(2)31)29(19-26)32-3/h6-12,17-19,24,31-32H,5,13-16H2,1-4H3,(H,33,35). The van der Waals surface area contributed by atoms with Gasteiger partial charge in [-0.3, -0.25) is 4.79 Å². The summed E-state index contributed by atoms with van der Waals surface area (Å²) in [5.74, 6) is 1.46. The van der Waals surface area contributed by atoms with Gasteiger partial charge in [0.05, 0.1) is 0 Å². The van der Waals surface area contributed by atoms with Crippen LogP contribution in [0.25, 0.3) is 11.1 Å². The molecule has 3 aromatic rings. The molecule has 6 heteroatoms. The lowest BCUT2D eigenvalue weighted by molar-refractivity contribution is 0.0916. The lowest BCUT2D eigenvalue weighted by atomic mass is 9.96. The Morgan fingerprint density at radius 2 is 1.69 bits per heavy atom. The molecule has 1 fully saturated rings. The number of nitrogens with zero attached hydrogens (tertiary/aromatic N) is 1. The molecule has 0 bridgehead atoms. The molecule has 36 heavy (non-hydrogen) atoms. The molecule has 6 nitrogen and oxygen atoms in total. The average Bonchev–Trinajstić information content (AvgIpc) is 2.89. The highest BCUT2D eigenvalue weighted by Crippen LogP contribution is 2.31. The molecule has 188 valence electrons. The zero-order chi connectivity index (χ0) is 25.7. The van der Waals surface area contributed by atoms with Crippen molar-refractivity contribution in [3.8, 4) is 22.6 Å². The third-order valence-corrected chi connectivity index (χ3v) is 6.85. The number of benzene rings is 3.